The topological polar surface area (TPSA) is 88.0 Å². The van der Waals surface area contributed by atoms with Crippen LogP contribution in [0.2, 0.25) is 0 Å². The molecule has 0 aliphatic heterocycles. The lowest BCUT2D eigenvalue weighted by Gasteiger charge is -2.22. The van der Waals surface area contributed by atoms with E-state index < -0.39 is 23.9 Å². The standard InChI is InChI=1S/C17H27NO5/c1-5-9-22-13-8-6-7-12(10-13)15(20)14(19)11-18-16(21)23-17(2,3)4/h6-8,10,14-15,19-20H,5,9,11H2,1-4H3,(H,18,21). The van der Waals surface area contributed by atoms with Gasteiger partial charge in [0.05, 0.1) is 6.61 Å². The third-order valence-electron chi connectivity index (χ3n) is 2.89. The van der Waals surface area contributed by atoms with E-state index in [-0.39, 0.29) is 6.54 Å². The van der Waals surface area contributed by atoms with Crippen LogP contribution in [0, 0.1) is 0 Å². The van der Waals surface area contributed by atoms with Crippen LogP contribution < -0.4 is 10.1 Å². The fourth-order valence-electron chi connectivity index (χ4n) is 1.84. The van der Waals surface area contributed by atoms with Crippen LogP contribution in [0.3, 0.4) is 0 Å². The van der Waals surface area contributed by atoms with Gasteiger partial charge in [-0.15, -0.1) is 0 Å². The molecule has 1 aromatic carbocycles. The van der Waals surface area contributed by atoms with Gasteiger partial charge in [0.15, 0.2) is 0 Å². The smallest absolute Gasteiger partial charge is 0.407 e. The molecule has 2 unspecified atom stereocenters. The minimum absolute atomic E-state index is 0.115. The van der Waals surface area contributed by atoms with E-state index in [9.17, 15) is 15.0 Å². The molecule has 0 fully saturated rings. The number of ether oxygens (including phenoxy) is 2. The summed E-state index contributed by atoms with van der Waals surface area (Å²) in [6.45, 7) is 7.72. The molecule has 23 heavy (non-hydrogen) atoms. The number of nitrogens with one attached hydrogen (secondary N) is 1. The van der Waals surface area contributed by atoms with Gasteiger partial charge in [-0.05, 0) is 44.9 Å². The second-order valence-corrected chi connectivity index (χ2v) is 6.32. The number of alkyl carbamates (subject to hydrolysis) is 1. The number of carbonyl (C=O) groups is 1. The minimum atomic E-state index is -1.15. The lowest BCUT2D eigenvalue weighted by molar-refractivity contribution is 0.0128. The van der Waals surface area contributed by atoms with Crippen molar-refractivity contribution in [3.8, 4) is 5.75 Å². The van der Waals surface area contributed by atoms with Gasteiger partial charge in [0.2, 0.25) is 0 Å². The number of hydrogen-bond donors (Lipinski definition) is 3. The van der Waals surface area contributed by atoms with Crippen molar-refractivity contribution >= 4 is 6.09 Å². The molecule has 2 atom stereocenters. The number of aliphatic hydroxyl groups is 2. The van der Waals surface area contributed by atoms with E-state index in [4.69, 9.17) is 9.47 Å². The van der Waals surface area contributed by atoms with Crippen LogP contribution in [0.25, 0.3) is 0 Å². The monoisotopic (exact) mass is 325 g/mol. The molecule has 0 saturated heterocycles. The Hall–Kier alpha value is -1.79. The van der Waals surface area contributed by atoms with Gasteiger partial charge in [-0.1, -0.05) is 19.1 Å². The summed E-state index contributed by atoms with van der Waals surface area (Å²) in [5.41, 5.74) is -0.0874. The number of rotatable bonds is 7. The molecule has 0 heterocycles. The van der Waals surface area contributed by atoms with Gasteiger partial charge in [0, 0.05) is 6.54 Å². The normalized spacial score (nSPS) is 14.0. The summed E-state index contributed by atoms with van der Waals surface area (Å²) in [6.07, 6.45) is -2.03. The highest BCUT2D eigenvalue weighted by Gasteiger charge is 2.21. The predicted octanol–water partition coefficient (Wildman–Crippen LogP) is 2.39. The Balaban J connectivity index is 2.56. The molecule has 1 aromatic rings. The third kappa shape index (κ3) is 7.34. The fraction of sp³-hybridized carbons (Fsp3) is 0.588. The van der Waals surface area contributed by atoms with Crippen LogP contribution >= 0.6 is 0 Å². The van der Waals surface area contributed by atoms with Crippen molar-refractivity contribution in [3.05, 3.63) is 29.8 Å². The van der Waals surface area contributed by atoms with E-state index in [2.05, 4.69) is 5.32 Å². The zero-order valence-electron chi connectivity index (χ0n) is 14.2. The molecular formula is C17H27NO5. The van der Waals surface area contributed by atoms with Gasteiger partial charge in [-0.2, -0.15) is 0 Å². The van der Waals surface area contributed by atoms with Crippen molar-refractivity contribution in [2.75, 3.05) is 13.2 Å². The van der Waals surface area contributed by atoms with E-state index in [1.54, 1.807) is 45.0 Å². The van der Waals surface area contributed by atoms with E-state index in [1.807, 2.05) is 6.92 Å². The third-order valence-corrected chi connectivity index (χ3v) is 2.89. The van der Waals surface area contributed by atoms with Crippen LogP contribution in [0.1, 0.15) is 45.8 Å². The number of benzene rings is 1. The minimum Gasteiger partial charge on any atom is -0.494 e. The molecule has 0 saturated carbocycles. The lowest BCUT2D eigenvalue weighted by atomic mass is 10.0. The molecule has 0 radical (unpaired) electrons. The predicted molar refractivity (Wildman–Crippen MR) is 87.4 cm³/mol. The quantitative estimate of drug-likeness (QED) is 0.716. The van der Waals surface area contributed by atoms with Crippen molar-refractivity contribution in [3.63, 3.8) is 0 Å². The van der Waals surface area contributed by atoms with Crippen LogP contribution in [-0.4, -0.2) is 41.2 Å². The molecule has 0 aliphatic rings. The lowest BCUT2D eigenvalue weighted by Crippen LogP contribution is -2.38. The molecule has 6 heteroatoms. The average molecular weight is 325 g/mol. The fourth-order valence-corrected chi connectivity index (χ4v) is 1.84. The van der Waals surface area contributed by atoms with E-state index in [0.717, 1.165) is 6.42 Å². The summed E-state index contributed by atoms with van der Waals surface area (Å²) < 4.78 is 10.6. The Morgan fingerprint density at radius 1 is 1.30 bits per heavy atom. The van der Waals surface area contributed by atoms with Crippen LogP contribution in [0.5, 0.6) is 5.75 Å². The number of carbonyl (C=O) groups excluding carboxylic acids is 1. The van der Waals surface area contributed by atoms with Crippen molar-refractivity contribution in [2.45, 2.75) is 51.9 Å². The summed E-state index contributed by atoms with van der Waals surface area (Å²) in [5, 5.41) is 22.6. The van der Waals surface area contributed by atoms with Crippen LogP contribution in [-0.2, 0) is 4.74 Å². The highest BCUT2D eigenvalue weighted by Crippen LogP contribution is 2.22. The molecular weight excluding hydrogens is 298 g/mol. The Kier molecular flexibility index (Phi) is 7.32. The summed E-state index contributed by atoms with van der Waals surface area (Å²) in [4.78, 5) is 11.5. The molecule has 1 rings (SSSR count). The second-order valence-electron chi connectivity index (χ2n) is 6.32. The van der Waals surface area contributed by atoms with Gasteiger partial charge < -0.3 is 25.0 Å². The zero-order chi connectivity index (χ0) is 17.5. The van der Waals surface area contributed by atoms with Crippen molar-refractivity contribution < 1.29 is 24.5 Å². The first-order valence-corrected chi connectivity index (χ1v) is 7.78. The van der Waals surface area contributed by atoms with Crippen LogP contribution in [0.15, 0.2) is 24.3 Å². The zero-order valence-corrected chi connectivity index (χ0v) is 14.2. The maximum absolute atomic E-state index is 11.5. The first-order chi connectivity index (χ1) is 10.7. The van der Waals surface area contributed by atoms with Gasteiger partial charge in [-0.3, -0.25) is 0 Å². The maximum atomic E-state index is 11.5. The molecule has 0 spiro atoms. The van der Waals surface area contributed by atoms with Crippen molar-refractivity contribution in [2.24, 2.45) is 0 Å². The van der Waals surface area contributed by atoms with E-state index >= 15 is 0 Å². The Morgan fingerprint density at radius 3 is 2.61 bits per heavy atom. The van der Waals surface area contributed by atoms with Crippen molar-refractivity contribution in [1.82, 2.24) is 5.32 Å². The van der Waals surface area contributed by atoms with Gasteiger partial charge in [0.25, 0.3) is 0 Å². The Morgan fingerprint density at radius 2 is 2.00 bits per heavy atom. The van der Waals surface area contributed by atoms with Crippen LogP contribution in [0.4, 0.5) is 4.79 Å². The number of amides is 1. The maximum Gasteiger partial charge on any atom is 0.407 e. The largest absolute Gasteiger partial charge is 0.494 e. The molecule has 6 nitrogen and oxygen atoms in total. The number of hydrogen-bond acceptors (Lipinski definition) is 5. The Bertz CT molecular complexity index is 498. The van der Waals surface area contributed by atoms with Crippen molar-refractivity contribution in [1.29, 1.82) is 0 Å². The van der Waals surface area contributed by atoms with E-state index in [0.29, 0.717) is 17.9 Å². The Labute approximate surface area is 137 Å². The highest BCUT2D eigenvalue weighted by molar-refractivity contribution is 5.67. The summed E-state index contributed by atoms with van der Waals surface area (Å²) in [5.74, 6) is 0.635. The first-order valence-electron chi connectivity index (χ1n) is 7.78. The SMILES string of the molecule is CCCOc1cccc(C(O)C(O)CNC(=O)OC(C)(C)C)c1. The van der Waals surface area contributed by atoms with E-state index in [1.165, 1.54) is 0 Å². The summed E-state index contributed by atoms with van der Waals surface area (Å²) in [6, 6.07) is 6.91. The first kappa shape index (κ1) is 19.3. The molecule has 130 valence electrons. The molecule has 0 aromatic heterocycles. The van der Waals surface area contributed by atoms with Gasteiger partial charge in [0.1, 0.15) is 23.6 Å². The second kappa shape index (κ2) is 8.74. The summed E-state index contributed by atoms with van der Waals surface area (Å²) in [7, 11) is 0. The molecule has 0 bridgehead atoms. The molecule has 0 aliphatic carbocycles. The molecule has 1 amide bonds. The van der Waals surface area contributed by atoms with Gasteiger partial charge in [-0.25, -0.2) is 4.79 Å². The average Bonchev–Trinajstić information content (AvgIpc) is 2.48. The molecule has 3 N–H and O–H groups in total. The van der Waals surface area contributed by atoms with Gasteiger partial charge >= 0.3 is 6.09 Å². The highest BCUT2D eigenvalue weighted by atomic mass is 16.6. The summed E-state index contributed by atoms with van der Waals surface area (Å²) >= 11 is 0. The number of aliphatic hydroxyl groups excluding tert-OH is 2.